The predicted octanol–water partition coefficient (Wildman–Crippen LogP) is 3.19. The Labute approximate surface area is 162 Å². The Balaban J connectivity index is 1.41. The van der Waals surface area contributed by atoms with E-state index in [1.54, 1.807) is 47.6 Å². The Hall–Kier alpha value is -3.74. The van der Waals surface area contributed by atoms with Gasteiger partial charge in [-0.2, -0.15) is 0 Å². The highest BCUT2D eigenvalue weighted by Gasteiger charge is 2.14. The Morgan fingerprint density at radius 3 is 2.82 bits per heavy atom. The van der Waals surface area contributed by atoms with Crippen molar-refractivity contribution >= 4 is 17.3 Å². The van der Waals surface area contributed by atoms with Gasteiger partial charge in [0, 0.05) is 29.7 Å². The standard InChI is InChI=1S/C21H19N3O4/c1-15(24-9-8-22-14-24)17-4-2-3-5-18(17)28-13-21(25)23-16-6-7-19-20(12-16)27-11-10-26-19/h2-9,12,14H,1,10-11,13H2,(H,23,25). The van der Waals surface area contributed by atoms with Crippen LogP contribution in [0.4, 0.5) is 5.69 Å². The van der Waals surface area contributed by atoms with Crippen molar-refractivity contribution in [3.8, 4) is 17.2 Å². The average Bonchev–Trinajstić information content (AvgIpc) is 3.27. The van der Waals surface area contributed by atoms with Gasteiger partial charge < -0.3 is 24.1 Å². The van der Waals surface area contributed by atoms with E-state index < -0.39 is 0 Å². The number of anilines is 1. The van der Waals surface area contributed by atoms with Crippen LogP contribution >= 0.6 is 0 Å². The Kier molecular flexibility index (Phi) is 4.97. The zero-order valence-corrected chi connectivity index (χ0v) is 15.1. The highest BCUT2D eigenvalue weighted by atomic mass is 16.6. The molecule has 1 aromatic heterocycles. The third-order valence-corrected chi connectivity index (χ3v) is 4.20. The van der Waals surface area contributed by atoms with E-state index in [4.69, 9.17) is 14.2 Å². The Morgan fingerprint density at radius 1 is 1.18 bits per heavy atom. The number of amides is 1. The van der Waals surface area contributed by atoms with Gasteiger partial charge in [-0.1, -0.05) is 18.7 Å². The van der Waals surface area contributed by atoms with Crippen LogP contribution < -0.4 is 19.5 Å². The van der Waals surface area contributed by atoms with E-state index in [0.29, 0.717) is 41.8 Å². The molecule has 1 aliphatic rings. The molecule has 0 bridgehead atoms. The first-order chi connectivity index (χ1) is 13.7. The predicted molar refractivity (Wildman–Crippen MR) is 105 cm³/mol. The lowest BCUT2D eigenvalue weighted by atomic mass is 10.1. The lowest BCUT2D eigenvalue weighted by Gasteiger charge is -2.19. The van der Waals surface area contributed by atoms with Crippen LogP contribution in [0.1, 0.15) is 5.56 Å². The minimum absolute atomic E-state index is 0.136. The summed E-state index contributed by atoms with van der Waals surface area (Å²) in [7, 11) is 0. The second-order valence-corrected chi connectivity index (χ2v) is 6.11. The molecule has 1 N–H and O–H groups in total. The summed E-state index contributed by atoms with van der Waals surface area (Å²) >= 11 is 0. The van der Waals surface area contributed by atoms with Crippen molar-refractivity contribution in [2.45, 2.75) is 0 Å². The van der Waals surface area contributed by atoms with Gasteiger partial charge >= 0.3 is 0 Å². The monoisotopic (exact) mass is 377 g/mol. The maximum atomic E-state index is 12.3. The Bertz CT molecular complexity index is 999. The van der Waals surface area contributed by atoms with Gasteiger partial charge in [-0.3, -0.25) is 4.79 Å². The number of nitrogens with zero attached hydrogens (tertiary/aromatic N) is 2. The van der Waals surface area contributed by atoms with Crippen molar-refractivity contribution in [3.05, 3.63) is 73.3 Å². The number of fused-ring (bicyclic) bond motifs is 1. The minimum atomic E-state index is -0.278. The van der Waals surface area contributed by atoms with E-state index in [1.807, 2.05) is 18.2 Å². The molecule has 0 saturated carbocycles. The summed E-state index contributed by atoms with van der Waals surface area (Å²) in [6.07, 6.45) is 5.14. The van der Waals surface area contributed by atoms with Crippen LogP contribution in [-0.4, -0.2) is 35.3 Å². The number of aromatic nitrogens is 2. The first-order valence-electron chi connectivity index (χ1n) is 8.79. The smallest absolute Gasteiger partial charge is 0.262 e. The number of hydrogen-bond acceptors (Lipinski definition) is 5. The van der Waals surface area contributed by atoms with Crippen LogP contribution in [0.3, 0.4) is 0 Å². The molecule has 0 saturated heterocycles. The average molecular weight is 377 g/mol. The number of carbonyl (C=O) groups excluding carboxylic acids is 1. The lowest BCUT2D eigenvalue weighted by molar-refractivity contribution is -0.118. The summed E-state index contributed by atoms with van der Waals surface area (Å²) in [4.78, 5) is 16.3. The largest absolute Gasteiger partial charge is 0.486 e. The molecule has 7 heteroatoms. The Morgan fingerprint density at radius 2 is 2.00 bits per heavy atom. The van der Waals surface area contributed by atoms with Gasteiger partial charge in [0.2, 0.25) is 0 Å². The maximum Gasteiger partial charge on any atom is 0.262 e. The molecule has 1 aliphatic heterocycles. The highest BCUT2D eigenvalue weighted by molar-refractivity contribution is 5.92. The molecule has 142 valence electrons. The molecule has 3 aromatic rings. The number of hydrogen-bond donors (Lipinski definition) is 1. The number of nitrogens with one attached hydrogen (secondary N) is 1. The second-order valence-electron chi connectivity index (χ2n) is 6.11. The van der Waals surface area contributed by atoms with Gasteiger partial charge in [-0.25, -0.2) is 4.98 Å². The minimum Gasteiger partial charge on any atom is -0.486 e. The summed E-state index contributed by atoms with van der Waals surface area (Å²) in [6, 6.07) is 12.7. The zero-order valence-electron chi connectivity index (χ0n) is 15.1. The van der Waals surface area contributed by atoms with Gasteiger partial charge in [-0.05, 0) is 24.3 Å². The number of para-hydroxylation sites is 1. The van der Waals surface area contributed by atoms with E-state index in [2.05, 4.69) is 16.9 Å². The number of carbonyl (C=O) groups is 1. The fourth-order valence-corrected chi connectivity index (χ4v) is 2.85. The number of benzene rings is 2. The first kappa shape index (κ1) is 17.7. The third kappa shape index (κ3) is 3.83. The van der Waals surface area contributed by atoms with Crippen molar-refractivity contribution in [3.63, 3.8) is 0 Å². The fourth-order valence-electron chi connectivity index (χ4n) is 2.85. The first-order valence-corrected chi connectivity index (χ1v) is 8.79. The molecule has 1 amide bonds. The molecule has 0 spiro atoms. The molecule has 0 unspecified atom stereocenters. The van der Waals surface area contributed by atoms with Crippen LogP contribution in [0, 0.1) is 0 Å². The molecule has 2 aromatic carbocycles. The molecular weight excluding hydrogens is 358 g/mol. The molecule has 4 rings (SSSR count). The molecule has 2 heterocycles. The number of ether oxygens (including phenoxy) is 3. The summed E-state index contributed by atoms with van der Waals surface area (Å²) in [6.45, 7) is 4.96. The van der Waals surface area contributed by atoms with Gasteiger partial charge in [0.25, 0.3) is 5.91 Å². The molecule has 7 nitrogen and oxygen atoms in total. The van der Waals surface area contributed by atoms with E-state index in [-0.39, 0.29) is 12.5 Å². The van der Waals surface area contributed by atoms with Crippen LogP contribution in [-0.2, 0) is 4.79 Å². The lowest BCUT2D eigenvalue weighted by Crippen LogP contribution is -2.21. The maximum absolute atomic E-state index is 12.3. The zero-order chi connectivity index (χ0) is 19.3. The van der Waals surface area contributed by atoms with E-state index in [9.17, 15) is 4.79 Å². The quantitative estimate of drug-likeness (QED) is 0.714. The van der Waals surface area contributed by atoms with Crippen LogP contribution in [0.5, 0.6) is 17.2 Å². The highest BCUT2D eigenvalue weighted by Crippen LogP contribution is 2.32. The summed E-state index contributed by atoms with van der Waals surface area (Å²) in [5.41, 5.74) is 2.11. The van der Waals surface area contributed by atoms with Crippen molar-refractivity contribution in [1.29, 1.82) is 0 Å². The number of imidazole rings is 1. The van der Waals surface area contributed by atoms with E-state index in [0.717, 1.165) is 5.56 Å². The SMILES string of the molecule is C=C(c1ccccc1OCC(=O)Nc1ccc2c(c1)OCCO2)n1ccnc1. The van der Waals surface area contributed by atoms with Crippen LogP contribution in [0.25, 0.3) is 5.70 Å². The molecule has 0 radical (unpaired) electrons. The summed E-state index contributed by atoms with van der Waals surface area (Å²) < 4.78 is 18.5. The molecular formula is C21H19N3O4. The van der Waals surface area contributed by atoms with E-state index in [1.165, 1.54) is 0 Å². The summed E-state index contributed by atoms with van der Waals surface area (Å²) in [5.74, 6) is 1.58. The fraction of sp³-hybridized carbons (Fsp3) is 0.143. The van der Waals surface area contributed by atoms with Crippen LogP contribution in [0.15, 0.2) is 67.8 Å². The molecule has 28 heavy (non-hydrogen) atoms. The van der Waals surface area contributed by atoms with Crippen molar-refractivity contribution < 1.29 is 19.0 Å². The third-order valence-electron chi connectivity index (χ3n) is 4.20. The van der Waals surface area contributed by atoms with Gasteiger partial charge in [0.1, 0.15) is 19.0 Å². The number of rotatable bonds is 6. The summed E-state index contributed by atoms with van der Waals surface area (Å²) in [5, 5.41) is 2.80. The van der Waals surface area contributed by atoms with Gasteiger partial charge in [0.15, 0.2) is 18.1 Å². The van der Waals surface area contributed by atoms with Gasteiger partial charge in [0.05, 0.1) is 12.0 Å². The van der Waals surface area contributed by atoms with E-state index >= 15 is 0 Å². The molecule has 0 aliphatic carbocycles. The second kappa shape index (κ2) is 7.87. The molecule has 0 fully saturated rings. The topological polar surface area (TPSA) is 74.6 Å². The van der Waals surface area contributed by atoms with Crippen molar-refractivity contribution in [1.82, 2.24) is 9.55 Å². The van der Waals surface area contributed by atoms with Crippen molar-refractivity contribution in [2.75, 3.05) is 25.1 Å². The van der Waals surface area contributed by atoms with Gasteiger partial charge in [-0.15, -0.1) is 0 Å². The van der Waals surface area contributed by atoms with Crippen molar-refractivity contribution in [2.24, 2.45) is 0 Å². The van der Waals surface area contributed by atoms with Crippen LogP contribution in [0.2, 0.25) is 0 Å². The molecule has 0 atom stereocenters. The normalized spacial score (nSPS) is 12.3.